The molecule has 1 aliphatic rings. The van der Waals surface area contributed by atoms with Crippen molar-refractivity contribution in [1.82, 2.24) is 10.2 Å². The normalized spacial score (nSPS) is 14.8. The van der Waals surface area contributed by atoms with Crippen molar-refractivity contribution in [1.29, 1.82) is 0 Å². The standard InChI is InChI=1S/C20H22FN5/c1-12(13-4-6-15(21)7-5-13)23-16-8-9-17(22)19(10-16)24-20-11-18(25-26-20)14-2-3-14/h4-12,14,23H,2-3,22H2,1H3,(H2,24,25,26)/t12-/m0/s1. The molecule has 0 bridgehead atoms. The molecule has 1 atom stereocenters. The minimum atomic E-state index is -0.232. The van der Waals surface area contributed by atoms with Crippen LogP contribution in [0.3, 0.4) is 0 Å². The van der Waals surface area contributed by atoms with Gasteiger partial charge >= 0.3 is 0 Å². The highest BCUT2D eigenvalue weighted by Gasteiger charge is 2.25. The Hall–Kier alpha value is -3.02. The molecule has 4 rings (SSSR count). The highest BCUT2D eigenvalue weighted by molar-refractivity contribution is 5.75. The summed E-state index contributed by atoms with van der Waals surface area (Å²) in [6, 6.07) is 14.3. The Morgan fingerprint density at radius 1 is 1.15 bits per heavy atom. The first kappa shape index (κ1) is 16.4. The number of nitrogens with two attached hydrogens (primary N) is 1. The number of aromatic amines is 1. The third-order valence-corrected chi connectivity index (χ3v) is 4.68. The van der Waals surface area contributed by atoms with Gasteiger partial charge in [0.15, 0.2) is 5.82 Å². The fourth-order valence-electron chi connectivity index (χ4n) is 2.98. The van der Waals surface area contributed by atoms with E-state index in [2.05, 4.69) is 20.8 Å². The van der Waals surface area contributed by atoms with Crippen molar-refractivity contribution in [2.75, 3.05) is 16.4 Å². The lowest BCUT2D eigenvalue weighted by atomic mass is 10.1. The molecule has 0 aliphatic heterocycles. The molecular formula is C20H22FN5. The molecule has 1 saturated carbocycles. The lowest BCUT2D eigenvalue weighted by molar-refractivity contribution is 0.626. The number of rotatable bonds is 6. The van der Waals surface area contributed by atoms with E-state index < -0.39 is 0 Å². The van der Waals surface area contributed by atoms with Gasteiger partial charge in [-0.2, -0.15) is 5.10 Å². The summed E-state index contributed by atoms with van der Waals surface area (Å²) in [5.74, 6) is 1.16. The smallest absolute Gasteiger partial charge is 0.152 e. The van der Waals surface area contributed by atoms with Crippen LogP contribution < -0.4 is 16.4 Å². The van der Waals surface area contributed by atoms with Crippen LogP contribution in [0.15, 0.2) is 48.5 Å². The van der Waals surface area contributed by atoms with Crippen molar-refractivity contribution in [3.05, 3.63) is 65.6 Å². The van der Waals surface area contributed by atoms with E-state index in [0.717, 1.165) is 22.8 Å². The number of nitrogen functional groups attached to an aromatic ring is 1. The molecule has 3 aromatic rings. The molecule has 1 aromatic heterocycles. The van der Waals surface area contributed by atoms with E-state index in [-0.39, 0.29) is 11.9 Å². The lowest BCUT2D eigenvalue weighted by Crippen LogP contribution is -2.07. The first-order valence-corrected chi connectivity index (χ1v) is 8.82. The summed E-state index contributed by atoms with van der Waals surface area (Å²) in [7, 11) is 0. The van der Waals surface area contributed by atoms with Crippen LogP contribution in [0.25, 0.3) is 0 Å². The number of anilines is 4. The number of nitrogens with zero attached hydrogens (tertiary/aromatic N) is 1. The van der Waals surface area contributed by atoms with Crippen LogP contribution in [0.5, 0.6) is 0 Å². The molecule has 6 heteroatoms. The monoisotopic (exact) mass is 351 g/mol. The summed E-state index contributed by atoms with van der Waals surface area (Å²) in [6.07, 6.45) is 2.45. The van der Waals surface area contributed by atoms with E-state index >= 15 is 0 Å². The zero-order chi connectivity index (χ0) is 18.1. The Kier molecular flexibility index (Phi) is 4.24. The zero-order valence-corrected chi connectivity index (χ0v) is 14.6. The summed E-state index contributed by atoms with van der Waals surface area (Å²) < 4.78 is 13.1. The molecule has 0 radical (unpaired) electrons. The third-order valence-electron chi connectivity index (χ3n) is 4.68. The Morgan fingerprint density at radius 2 is 1.92 bits per heavy atom. The second-order valence-electron chi connectivity index (χ2n) is 6.83. The van der Waals surface area contributed by atoms with E-state index in [0.29, 0.717) is 11.6 Å². The van der Waals surface area contributed by atoms with Crippen LogP contribution in [0.4, 0.5) is 27.3 Å². The SMILES string of the molecule is C[C@H](Nc1ccc(N)c(Nc2cc(C3CC3)[nH]n2)c1)c1ccc(F)cc1. The van der Waals surface area contributed by atoms with E-state index in [4.69, 9.17) is 5.73 Å². The van der Waals surface area contributed by atoms with Crippen molar-refractivity contribution < 1.29 is 4.39 Å². The maximum atomic E-state index is 13.1. The fraction of sp³-hybridized carbons (Fsp3) is 0.250. The molecule has 26 heavy (non-hydrogen) atoms. The largest absolute Gasteiger partial charge is 0.397 e. The Morgan fingerprint density at radius 3 is 2.65 bits per heavy atom. The maximum Gasteiger partial charge on any atom is 0.152 e. The van der Waals surface area contributed by atoms with Gasteiger partial charge in [-0.15, -0.1) is 0 Å². The molecule has 0 amide bonds. The molecule has 1 aliphatic carbocycles. The van der Waals surface area contributed by atoms with Crippen molar-refractivity contribution in [2.45, 2.75) is 31.7 Å². The van der Waals surface area contributed by atoms with Crippen LogP contribution >= 0.6 is 0 Å². The van der Waals surface area contributed by atoms with Gasteiger partial charge in [0.05, 0.1) is 11.4 Å². The van der Waals surface area contributed by atoms with Crippen LogP contribution in [0, 0.1) is 5.82 Å². The van der Waals surface area contributed by atoms with Crippen molar-refractivity contribution in [3.63, 3.8) is 0 Å². The van der Waals surface area contributed by atoms with Crippen molar-refractivity contribution >= 4 is 22.9 Å². The number of halogens is 1. The van der Waals surface area contributed by atoms with Gasteiger partial charge in [-0.25, -0.2) is 4.39 Å². The molecule has 0 saturated heterocycles. The Balaban J connectivity index is 1.48. The van der Waals surface area contributed by atoms with Gasteiger partial charge in [0.25, 0.3) is 0 Å². The number of hydrogen-bond donors (Lipinski definition) is 4. The molecule has 5 N–H and O–H groups in total. The summed E-state index contributed by atoms with van der Waals surface area (Å²) in [6.45, 7) is 2.03. The zero-order valence-electron chi connectivity index (χ0n) is 14.6. The number of H-pyrrole nitrogens is 1. The van der Waals surface area contributed by atoms with E-state index in [9.17, 15) is 4.39 Å². The predicted molar refractivity (Wildman–Crippen MR) is 103 cm³/mol. The molecule has 1 heterocycles. The van der Waals surface area contributed by atoms with Crippen LogP contribution in [0.1, 0.15) is 43.0 Å². The summed E-state index contributed by atoms with van der Waals surface area (Å²) in [4.78, 5) is 0. The van der Waals surface area contributed by atoms with Crippen molar-refractivity contribution in [3.8, 4) is 0 Å². The van der Waals surface area contributed by atoms with Gasteiger partial charge in [0.1, 0.15) is 5.82 Å². The fourth-order valence-corrected chi connectivity index (χ4v) is 2.98. The molecular weight excluding hydrogens is 329 g/mol. The van der Waals surface area contributed by atoms with Gasteiger partial charge in [0, 0.05) is 29.4 Å². The number of aromatic nitrogens is 2. The Labute approximate surface area is 151 Å². The van der Waals surface area contributed by atoms with Gasteiger partial charge in [-0.05, 0) is 55.7 Å². The minimum Gasteiger partial charge on any atom is -0.397 e. The van der Waals surface area contributed by atoms with Crippen LogP contribution in [0.2, 0.25) is 0 Å². The first-order valence-electron chi connectivity index (χ1n) is 8.82. The highest BCUT2D eigenvalue weighted by Crippen LogP contribution is 2.40. The van der Waals surface area contributed by atoms with Gasteiger partial charge in [-0.3, -0.25) is 5.10 Å². The number of nitrogens with one attached hydrogen (secondary N) is 3. The summed E-state index contributed by atoms with van der Waals surface area (Å²) in [5.41, 5.74) is 10.7. The number of benzene rings is 2. The second kappa shape index (κ2) is 6.71. The summed E-state index contributed by atoms with van der Waals surface area (Å²) in [5, 5.41) is 14.1. The van der Waals surface area contributed by atoms with Gasteiger partial charge in [0.2, 0.25) is 0 Å². The summed E-state index contributed by atoms with van der Waals surface area (Å²) >= 11 is 0. The molecule has 5 nitrogen and oxygen atoms in total. The van der Waals surface area contributed by atoms with Gasteiger partial charge in [-0.1, -0.05) is 12.1 Å². The lowest BCUT2D eigenvalue weighted by Gasteiger charge is -2.17. The number of hydrogen-bond acceptors (Lipinski definition) is 4. The second-order valence-corrected chi connectivity index (χ2v) is 6.83. The molecule has 1 fully saturated rings. The van der Waals surface area contributed by atoms with Crippen LogP contribution in [-0.2, 0) is 0 Å². The van der Waals surface area contributed by atoms with E-state index in [1.54, 1.807) is 12.1 Å². The molecule has 2 aromatic carbocycles. The molecule has 0 unspecified atom stereocenters. The maximum absolute atomic E-state index is 13.1. The molecule has 134 valence electrons. The van der Waals surface area contributed by atoms with Crippen LogP contribution in [-0.4, -0.2) is 10.2 Å². The minimum absolute atomic E-state index is 0.0407. The quantitative estimate of drug-likeness (QED) is 0.475. The highest BCUT2D eigenvalue weighted by atomic mass is 19.1. The molecule has 0 spiro atoms. The Bertz CT molecular complexity index is 899. The predicted octanol–water partition coefficient (Wildman–Crippen LogP) is 4.93. The third kappa shape index (κ3) is 3.64. The average Bonchev–Trinajstić information content (AvgIpc) is 3.38. The first-order chi connectivity index (χ1) is 12.6. The van der Waals surface area contributed by atoms with E-state index in [1.165, 1.54) is 30.7 Å². The van der Waals surface area contributed by atoms with Gasteiger partial charge < -0.3 is 16.4 Å². The topological polar surface area (TPSA) is 78.8 Å². The average molecular weight is 351 g/mol. The van der Waals surface area contributed by atoms with Crippen molar-refractivity contribution in [2.24, 2.45) is 0 Å². The van der Waals surface area contributed by atoms with E-state index in [1.807, 2.05) is 31.2 Å².